The summed E-state index contributed by atoms with van der Waals surface area (Å²) >= 11 is 0. The molecule has 2 saturated carbocycles. The minimum atomic E-state index is -0.312. The lowest BCUT2D eigenvalue weighted by Crippen LogP contribution is -2.26. The molecule has 3 heteroatoms. The van der Waals surface area contributed by atoms with E-state index >= 15 is 0 Å². The molecule has 2 fully saturated rings. The van der Waals surface area contributed by atoms with Gasteiger partial charge in [-0.3, -0.25) is 4.79 Å². The number of carbonyl (C=O) groups excluding carboxylic acids is 1. The highest BCUT2D eigenvalue weighted by atomic mass is 19.1. The molecule has 1 aromatic rings. The molecule has 26 heavy (non-hydrogen) atoms. The number of benzene rings is 1. The molecule has 0 spiro atoms. The van der Waals surface area contributed by atoms with Crippen LogP contribution in [0.25, 0.3) is 0 Å². The standard InChI is InChI=1S/C23H33FO2/c1-2-17-3-5-18(6-4-17)7-8-19-9-11-20(12-10-19)23(25)26-22-15-13-21(24)14-16-22/h13-20H,2-12H2,1H3. The highest BCUT2D eigenvalue weighted by Gasteiger charge is 2.28. The molecular formula is C23H33FO2. The summed E-state index contributed by atoms with van der Waals surface area (Å²) in [5.74, 6) is 2.71. The van der Waals surface area contributed by atoms with Gasteiger partial charge in [0.25, 0.3) is 0 Å². The zero-order chi connectivity index (χ0) is 18.4. The SMILES string of the molecule is CCC1CCC(CCC2CCC(C(=O)Oc3ccc(F)cc3)CC2)CC1. The molecule has 0 unspecified atom stereocenters. The molecule has 0 radical (unpaired) electrons. The van der Waals surface area contributed by atoms with Crippen LogP contribution < -0.4 is 4.74 Å². The first-order valence-electron chi connectivity index (χ1n) is 10.6. The molecule has 0 aliphatic heterocycles. The van der Waals surface area contributed by atoms with Gasteiger partial charge in [0.15, 0.2) is 0 Å². The van der Waals surface area contributed by atoms with Gasteiger partial charge in [-0.25, -0.2) is 4.39 Å². The summed E-state index contributed by atoms with van der Waals surface area (Å²) in [6.45, 7) is 2.32. The summed E-state index contributed by atoms with van der Waals surface area (Å²) in [5.41, 5.74) is 0. The van der Waals surface area contributed by atoms with Crippen LogP contribution in [-0.4, -0.2) is 5.97 Å². The lowest BCUT2D eigenvalue weighted by Gasteiger charge is -2.31. The minimum absolute atomic E-state index is 0.0105. The van der Waals surface area contributed by atoms with Crippen LogP contribution in [0.5, 0.6) is 5.75 Å². The van der Waals surface area contributed by atoms with Crippen molar-refractivity contribution >= 4 is 5.97 Å². The highest BCUT2D eigenvalue weighted by molar-refractivity contribution is 5.75. The Morgan fingerprint density at radius 2 is 1.38 bits per heavy atom. The van der Waals surface area contributed by atoms with E-state index in [0.29, 0.717) is 5.75 Å². The number of carbonyl (C=O) groups is 1. The Bertz CT molecular complexity index is 552. The Morgan fingerprint density at radius 1 is 0.885 bits per heavy atom. The Labute approximate surface area is 157 Å². The average Bonchev–Trinajstić information content (AvgIpc) is 2.69. The molecule has 3 rings (SSSR count). The fourth-order valence-corrected chi connectivity index (χ4v) is 4.79. The lowest BCUT2D eigenvalue weighted by atomic mass is 9.75. The van der Waals surface area contributed by atoms with E-state index in [4.69, 9.17) is 4.74 Å². The second-order valence-electron chi connectivity index (χ2n) is 8.47. The Morgan fingerprint density at radius 3 is 1.92 bits per heavy atom. The van der Waals surface area contributed by atoms with Crippen LogP contribution in [0.2, 0.25) is 0 Å². The van der Waals surface area contributed by atoms with E-state index in [1.54, 1.807) is 0 Å². The topological polar surface area (TPSA) is 26.3 Å². The third-order valence-corrected chi connectivity index (χ3v) is 6.74. The molecule has 0 aromatic heterocycles. The maximum absolute atomic E-state index is 12.9. The van der Waals surface area contributed by atoms with Crippen molar-refractivity contribution < 1.29 is 13.9 Å². The van der Waals surface area contributed by atoms with E-state index in [0.717, 1.165) is 43.4 Å². The van der Waals surface area contributed by atoms with Crippen LogP contribution in [0, 0.1) is 29.5 Å². The Hall–Kier alpha value is -1.38. The normalized spacial score (nSPS) is 29.3. The number of hydrogen-bond acceptors (Lipinski definition) is 2. The first-order chi connectivity index (χ1) is 12.6. The van der Waals surface area contributed by atoms with Crippen molar-refractivity contribution in [3.05, 3.63) is 30.1 Å². The Balaban J connectivity index is 1.35. The van der Waals surface area contributed by atoms with Gasteiger partial charge in [0, 0.05) is 0 Å². The van der Waals surface area contributed by atoms with Crippen LogP contribution in [0.3, 0.4) is 0 Å². The van der Waals surface area contributed by atoms with Crippen LogP contribution in [-0.2, 0) is 4.79 Å². The molecule has 2 aliphatic carbocycles. The van der Waals surface area contributed by atoms with Crippen LogP contribution >= 0.6 is 0 Å². The van der Waals surface area contributed by atoms with Gasteiger partial charge in [-0.15, -0.1) is 0 Å². The van der Waals surface area contributed by atoms with Crippen molar-refractivity contribution in [3.8, 4) is 5.75 Å². The lowest BCUT2D eigenvalue weighted by molar-refractivity contribution is -0.140. The Kier molecular flexibility index (Phi) is 7.10. The second kappa shape index (κ2) is 9.53. The summed E-state index contributed by atoms with van der Waals surface area (Å²) in [6.07, 6.45) is 14.0. The molecule has 1 aromatic carbocycles. The van der Waals surface area contributed by atoms with E-state index in [9.17, 15) is 9.18 Å². The molecule has 0 heterocycles. The van der Waals surface area contributed by atoms with Gasteiger partial charge in [-0.2, -0.15) is 0 Å². The summed E-state index contributed by atoms with van der Waals surface area (Å²) in [7, 11) is 0. The van der Waals surface area contributed by atoms with E-state index < -0.39 is 0 Å². The summed E-state index contributed by atoms with van der Waals surface area (Å²) in [4.78, 5) is 12.3. The van der Waals surface area contributed by atoms with Gasteiger partial charge in [0.05, 0.1) is 5.92 Å². The van der Waals surface area contributed by atoms with Crippen LogP contribution in [0.15, 0.2) is 24.3 Å². The smallest absolute Gasteiger partial charge is 0.314 e. The predicted molar refractivity (Wildman–Crippen MR) is 102 cm³/mol. The molecule has 0 bridgehead atoms. The predicted octanol–water partition coefficient (Wildman–Crippen LogP) is 6.53. The average molecular weight is 361 g/mol. The zero-order valence-electron chi connectivity index (χ0n) is 16.1. The maximum Gasteiger partial charge on any atom is 0.314 e. The third kappa shape index (κ3) is 5.56. The van der Waals surface area contributed by atoms with Crippen molar-refractivity contribution in [2.45, 2.75) is 77.6 Å². The van der Waals surface area contributed by atoms with Gasteiger partial charge in [0.2, 0.25) is 0 Å². The van der Waals surface area contributed by atoms with Gasteiger partial charge in [0.1, 0.15) is 11.6 Å². The van der Waals surface area contributed by atoms with Crippen molar-refractivity contribution in [2.24, 2.45) is 23.7 Å². The molecular weight excluding hydrogens is 327 g/mol. The number of esters is 1. The monoisotopic (exact) mass is 360 g/mol. The number of ether oxygens (including phenoxy) is 1. The largest absolute Gasteiger partial charge is 0.426 e. The molecule has 144 valence electrons. The van der Waals surface area contributed by atoms with Crippen LogP contribution in [0.1, 0.15) is 77.6 Å². The molecule has 2 nitrogen and oxygen atoms in total. The molecule has 2 aliphatic rings. The van der Waals surface area contributed by atoms with Gasteiger partial charge >= 0.3 is 5.97 Å². The summed E-state index contributed by atoms with van der Waals surface area (Å²) in [6, 6.07) is 5.69. The van der Waals surface area contributed by atoms with E-state index in [1.807, 2.05) is 0 Å². The molecule has 0 atom stereocenters. The highest BCUT2D eigenvalue weighted by Crippen LogP contribution is 2.37. The number of rotatable bonds is 6. The fourth-order valence-electron chi connectivity index (χ4n) is 4.79. The number of hydrogen-bond donors (Lipinski definition) is 0. The van der Waals surface area contributed by atoms with Crippen molar-refractivity contribution in [1.82, 2.24) is 0 Å². The van der Waals surface area contributed by atoms with E-state index in [2.05, 4.69) is 6.92 Å². The fraction of sp³-hybridized carbons (Fsp3) is 0.696. The van der Waals surface area contributed by atoms with Gasteiger partial charge < -0.3 is 4.74 Å². The first kappa shape index (κ1) is 19.4. The van der Waals surface area contributed by atoms with Crippen LogP contribution in [0.4, 0.5) is 4.39 Å². The zero-order valence-corrected chi connectivity index (χ0v) is 16.1. The second-order valence-corrected chi connectivity index (χ2v) is 8.47. The quantitative estimate of drug-likeness (QED) is 0.425. The first-order valence-corrected chi connectivity index (χ1v) is 10.6. The summed E-state index contributed by atoms with van der Waals surface area (Å²) < 4.78 is 18.3. The van der Waals surface area contributed by atoms with Crippen molar-refractivity contribution in [1.29, 1.82) is 0 Å². The maximum atomic E-state index is 12.9. The third-order valence-electron chi connectivity index (χ3n) is 6.74. The number of halogens is 1. The van der Waals surface area contributed by atoms with Crippen molar-refractivity contribution in [3.63, 3.8) is 0 Å². The summed E-state index contributed by atoms with van der Waals surface area (Å²) in [5, 5.41) is 0. The van der Waals surface area contributed by atoms with Gasteiger partial charge in [-0.1, -0.05) is 51.9 Å². The van der Waals surface area contributed by atoms with Crippen molar-refractivity contribution in [2.75, 3.05) is 0 Å². The minimum Gasteiger partial charge on any atom is -0.426 e. The van der Waals surface area contributed by atoms with E-state index in [-0.39, 0.29) is 17.7 Å². The van der Waals surface area contributed by atoms with Gasteiger partial charge in [-0.05, 0) is 67.7 Å². The molecule has 0 N–H and O–H groups in total. The molecule has 0 amide bonds. The molecule has 0 saturated heterocycles. The van der Waals surface area contributed by atoms with E-state index in [1.165, 1.54) is 69.2 Å².